The summed E-state index contributed by atoms with van der Waals surface area (Å²) in [4.78, 5) is 22.0. The van der Waals surface area contributed by atoms with E-state index in [1.165, 1.54) is 18.4 Å². The molecule has 0 bridgehead atoms. The van der Waals surface area contributed by atoms with E-state index in [0.717, 1.165) is 42.9 Å². The van der Waals surface area contributed by atoms with Crippen molar-refractivity contribution in [2.24, 2.45) is 0 Å². The molecule has 0 unspecified atom stereocenters. The minimum Gasteiger partial charge on any atom is -0.497 e. The quantitative estimate of drug-likeness (QED) is 0.887. The van der Waals surface area contributed by atoms with E-state index in [4.69, 9.17) is 4.74 Å². The number of amides is 2. The first-order chi connectivity index (χ1) is 12.7. The van der Waals surface area contributed by atoms with Crippen LogP contribution in [-0.2, 0) is 18.4 Å². The number of H-pyrrole nitrogens is 1. The van der Waals surface area contributed by atoms with Gasteiger partial charge in [-0.2, -0.15) is 0 Å². The second-order valence-corrected chi connectivity index (χ2v) is 7.37. The third kappa shape index (κ3) is 3.16. The molecular weight excluding hydrogens is 328 g/mol. The summed E-state index contributed by atoms with van der Waals surface area (Å²) in [5.41, 5.74) is 3.47. The Balaban J connectivity index is 1.43. The van der Waals surface area contributed by atoms with Gasteiger partial charge in [0, 0.05) is 24.9 Å². The number of hydrogen-bond donors (Lipinski definition) is 2. The fraction of sp³-hybridized carbons (Fsp3) is 0.500. The summed E-state index contributed by atoms with van der Waals surface area (Å²) in [7, 11) is 1.68. The molecule has 4 rings (SSSR count). The highest BCUT2D eigenvalue weighted by Gasteiger charge is 2.36. The molecule has 0 radical (unpaired) electrons. The van der Waals surface area contributed by atoms with Gasteiger partial charge < -0.3 is 19.9 Å². The number of imidazole rings is 1. The number of carbonyl (C=O) groups excluding carboxylic acids is 1. The Bertz CT molecular complexity index is 762. The third-order valence-corrected chi connectivity index (χ3v) is 5.90. The first kappa shape index (κ1) is 16.9. The largest absolute Gasteiger partial charge is 0.497 e. The normalized spacial score (nSPS) is 18.4. The zero-order valence-electron chi connectivity index (χ0n) is 15.3. The number of carbonyl (C=O) groups is 1. The lowest BCUT2D eigenvalue weighted by Crippen LogP contribution is -2.47. The molecule has 0 saturated heterocycles. The summed E-state index contributed by atoms with van der Waals surface area (Å²) in [6.45, 7) is 2.01. The summed E-state index contributed by atoms with van der Waals surface area (Å²) in [6, 6.07) is 8.34. The van der Waals surface area contributed by atoms with Gasteiger partial charge in [-0.3, -0.25) is 0 Å². The third-order valence-electron chi connectivity index (χ3n) is 5.90. The predicted molar refractivity (Wildman–Crippen MR) is 99.2 cm³/mol. The predicted octanol–water partition coefficient (Wildman–Crippen LogP) is 3.00. The van der Waals surface area contributed by atoms with E-state index >= 15 is 0 Å². The molecule has 2 amide bonds. The van der Waals surface area contributed by atoms with Crippen LogP contribution in [0.15, 0.2) is 30.6 Å². The van der Waals surface area contributed by atoms with Crippen LogP contribution in [0, 0.1) is 0 Å². The molecule has 2 aliphatic rings. The number of hydrogen-bond acceptors (Lipinski definition) is 3. The van der Waals surface area contributed by atoms with Crippen molar-refractivity contribution in [3.63, 3.8) is 0 Å². The highest BCUT2D eigenvalue weighted by Crippen LogP contribution is 2.41. The van der Waals surface area contributed by atoms with Gasteiger partial charge in [0.2, 0.25) is 0 Å². The Hall–Kier alpha value is -2.50. The molecule has 1 saturated carbocycles. The summed E-state index contributed by atoms with van der Waals surface area (Å²) >= 11 is 0. The summed E-state index contributed by atoms with van der Waals surface area (Å²) in [6.07, 6.45) is 7.18. The van der Waals surface area contributed by atoms with Crippen LogP contribution >= 0.6 is 0 Å². The Morgan fingerprint density at radius 2 is 2.08 bits per heavy atom. The van der Waals surface area contributed by atoms with Crippen LogP contribution in [0.2, 0.25) is 0 Å². The molecule has 2 heterocycles. The number of nitrogens with zero attached hydrogens (tertiary/aromatic N) is 2. The van der Waals surface area contributed by atoms with Crippen molar-refractivity contribution in [3.8, 4) is 5.75 Å². The zero-order valence-corrected chi connectivity index (χ0v) is 15.3. The maximum Gasteiger partial charge on any atom is 0.317 e. The van der Waals surface area contributed by atoms with Crippen LogP contribution < -0.4 is 10.1 Å². The SMILES string of the molecule is COc1ccc(C2(CNC(=O)N3CCc4nc[nH]c4C3)CCCC2)cc1. The van der Waals surface area contributed by atoms with Crippen LogP contribution in [0.3, 0.4) is 0 Å². The number of aromatic nitrogens is 2. The van der Waals surface area contributed by atoms with Gasteiger partial charge in [-0.1, -0.05) is 25.0 Å². The van der Waals surface area contributed by atoms with Gasteiger partial charge in [-0.25, -0.2) is 9.78 Å². The number of fused-ring (bicyclic) bond motifs is 1. The van der Waals surface area contributed by atoms with Gasteiger partial charge in [0.1, 0.15) is 5.75 Å². The summed E-state index contributed by atoms with van der Waals surface area (Å²) in [5.74, 6) is 0.870. The molecule has 6 nitrogen and oxygen atoms in total. The molecule has 2 N–H and O–H groups in total. The van der Waals surface area contributed by atoms with Crippen molar-refractivity contribution in [3.05, 3.63) is 47.5 Å². The van der Waals surface area contributed by atoms with E-state index in [9.17, 15) is 4.79 Å². The molecule has 1 aliphatic carbocycles. The molecule has 0 spiro atoms. The Kier molecular flexibility index (Phi) is 4.57. The molecule has 1 aromatic carbocycles. The topological polar surface area (TPSA) is 70.2 Å². The van der Waals surface area contributed by atoms with Crippen molar-refractivity contribution in [1.29, 1.82) is 0 Å². The number of nitrogens with one attached hydrogen (secondary N) is 2. The number of methoxy groups -OCH3 is 1. The van der Waals surface area contributed by atoms with E-state index < -0.39 is 0 Å². The van der Waals surface area contributed by atoms with Crippen LogP contribution in [0.1, 0.15) is 42.6 Å². The second-order valence-electron chi connectivity index (χ2n) is 7.37. The van der Waals surface area contributed by atoms with Crippen LogP contribution in [-0.4, -0.2) is 41.1 Å². The molecule has 1 fully saturated rings. The number of ether oxygens (including phenoxy) is 1. The number of benzene rings is 1. The number of rotatable bonds is 4. The first-order valence-corrected chi connectivity index (χ1v) is 9.39. The van der Waals surface area contributed by atoms with Gasteiger partial charge in [-0.15, -0.1) is 0 Å². The van der Waals surface area contributed by atoms with Crippen LogP contribution in [0.25, 0.3) is 0 Å². The van der Waals surface area contributed by atoms with Gasteiger partial charge in [0.15, 0.2) is 0 Å². The molecule has 138 valence electrons. The molecule has 1 aliphatic heterocycles. The number of aromatic amines is 1. The standard InChI is InChI=1S/C20H26N4O2/c1-26-16-6-4-15(5-7-16)20(9-2-3-10-20)13-21-19(25)24-11-8-17-18(12-24)23-14-22-17/h4-7,14H,2-3,8-13H2,1H3,(H,21,25)(H,22,23). The van der Waals surface area contributed by atoms with Gasteiger partial charge in [0.25, 0.3) is 0 Å². The van der Waals surface area contributed by atoms with Gasteiger partial charge >= 0.3 is 6.03 Å². The van der Waals surface area contributed by atoms with Crippen LogP contribution in [0.5, 0.6) is 5.75 Å². The molecule has 6 heteroatoms. The van der Waals surface area contributed by atoms with E-state index in [1.807, 2.05) is 17.0 Å². The minimum atomic E-state index is 0.0186. The average molecular weight is 354 g/mol. The van der Waals surface area contributed by atoms with E-state index in [-0.39, 0.29) is 11.4 Å². The molecule has 26 heavy (non-hydrogen) atoms. The maximum atomic E-state index is 12.7. The van der Waals surface area contributed by atoms with Crippen molar-refractivity contribution in [2.45, 2.75) is 44.1 Å². The van der Waals surface area contributed by atoms with E-state index in [2.05, 4.69) is 27.4 Å². The Morgan fingerprint density at radius 1 is 1.31 bits per heavy atom. The lowest BCUT2D eigenvalue weighted by Gasteiger charge is -2.32. The highest BCUT2D eigenvalue weighted by atomic mass is 16.5. The zero-order chi connectivity index (χ0) is 18.0. The summed E-state index contributed by atoms with van der Waals surface area (Å²) < 4.78 is 5.28. The Labute approximate surface area is 154 Å². The van der Waals surface area contributed by atoms with Gasteiger partial charge in [0.05, 0.1) is 31.4 Å². The average Bonchev–Trinajstić information content (AvgIpc) is 3.35. The number of urea groups is 1. The van der Waals surface area contributed by atoms with E-state index in [0.29, 0.717) is 13.1 Å². The second kappa shape index (κ2) is 7.02. The monoisotopic (exact) mass is 354 g/mol. The van der Waals surface area contributed by atoms with Crippen molar-refractivity contribution in [1.82, 2.24) is 20.2 Å². The first-order valence-electron chi connectivity index (χ1n) is 9.39. The molecular formula is C20H26N4O2. The fourth-order valence-electron chi connectivity index (χ4n) is 4.31. The molecule has 0 atom stereocenters. The van der Waals surface area contributed by atoms with Crippen molar-refractivity contribution < 1.29 is 9.53 Å². The molecule has 1 aromatic heterocycles. The van der Waals surface area contributed by atoms with Crippen LogP contribution in [0.4, 0.5) is 4.79 Å². The summed E-state index contributed by atoms with van der Waals surface area (Å²) in [5, 5.41) is 3.21. The van der Waals surface area contributed by atoms with E-state index in [1.54, 1.807) is 13.4 Å². The fourth-order valence-corrected chi connectivity index (χ4v) is 4.31. The van der Waals surface area contributed by atoms with Crippen molar-refractivity contribution in [2.75, 3.05) is 20.2 Å². The highest BCUT2D eigenvalue weighted by molar-refractivity contribution is 5.74. The lowest BCUT2D eigenvalue weighted by atomic mass is 9.79. The lowest BCUT2D eigenvalue weighted by molar-refractivity contribution is 0.188. The Morgan fingerprint density at radius 3 is 2.81 bits per heavy atom. The maximum absolute atomic E-state index is 12.7. The minimum absolute atomic E-state index is 0.0186. The van der Waals surface area contributed by atoms with Gasteiger partial charge in [-0.05, 0) is 30.5 Å². The smallest absolute Gasteiger partial charge is 0.317 e. The molecule has 2 aromatic rings. The van der Waals surface area contributed by atoms with Crippen molar-refractivity contribution >= 4 is 6.03 Å².